The maximum atomic E-state index is 5.31. The molecule has 0 saturated heterocycles. The largest absolute Gasteiger partial charge is 0.497 e. The number of hydrogen-bond donors (Lipinski definition) is 0. The number of ether oxygens (including phenoxy) is 1. The average Bonchev–Trinajstić information content (AvgIpc) is 3.21. The first-order valence-corrected chi connectivity index (χ1v) is 8.77. The Kier molecular flexibility index (Phi) is 3.52. The summed E-state index contributed by atoms with van der Waals surface area (Å²) in [6.07, 6.45) is 3.96. The molecule has 0 atom stereocenters. The molecule has 5 heteroatoms. The van der Waals surface area contributed by atoms with E-state index in [1.807, 2.05) is 18.3 Å². The van der Waals surface area contributed by atoms with Gasteiger partial charge in [-0.3, -0.25) is 0 Å². The SMILES string of the molecule is COc1ccc2c(c1)CCc1sc(N=Cc3cccs3)nc1-2. The monoisotopic (exact) mass is 326 g/mol. The number of aliphatic imine (C=N–C) groups is 1. The fourth-order valence-electron chi connectivity index (χ4n) is 2.64. The molecule has 0 radical (unpaired) electrons. The zero-order valence-electron chi connectivity index (χ0n) is 12.1. The van der Waals surface area contributed by atoms with Gasteiger partial charge >= 0.3 is 0 Å². The first-order valence-electron chi connectivity index (χ1n) is 7.08. The standard InChI is InChI=1S/C17H14N2OS2/c1-20-12-5-6-14-11(9-12)4-7-15-16(14)19-17(22-15)18-10-13-3-2-8-21-13/h2-3,5-6,8-10H,4,7H2,1H3. The lowest BCUT2D eigenvalue weighted by atomic mass is 9.93. The van der Waals surface area contributed by atoms with Crippen molar-refractivity contribution in [1.29, 1.82) is 0 Å². The van der Waals surface area contributed by atoms with Crippen molar-refractivity contribution >= 4 is 34.0 Å². The number of methoxy groups -OCH3 is 1. The molecule has 0 aliphatic heterocycles. The van der Waals surface area contributed by atoms with Crippen molar-refractivity contribution in [2.24, 2.45) is 4.99 Å². The highest BCUT2D eigenvalue weighted by Crippen LogP contribution is 2.40. The van der Waals surface area contributed by atoms with Gasteiger partial charge in [-0.2, -0.15) is 0 Å². The summed E-state index contributed by atoms with van der Waals surface area (Å²) in [6.45, 7) is 0. The molecule has 0 fully saturated rings. The summed E-state index contributed by atoms with van der Waals surface area (Å²) < 4.78 is 5.31. The quantitative estimate of drug-likeness (QED) is 0.652. The fraction of sp³-hybridized carbons (Fsp3) is 0.176. The summed E-state index contributed by atoms with van der Waals surface area (Å²) in [5.74, 6) is 0.911. The number of benzene rings is 1. The molecule has 3 nitrogen and oxygen atoms in total. The van der Waals surface area contributed by atoms with Crippen LogP contribution in [0.3, 0.4) is 0 Å². The minimum Gasteiger partial charge on any atom is -0.497 e. The predicted molar refractivity (Wildman–Crippen MR) is 93.1 cm³/mol. The second-order valence-electron chi connectivity index (χ2n) is 5.06. The molecule has 22 heavy (non-hydrogen) atoms. The third-order valence-corrected chi connectivity index (χ3v) is 5.55. The molecular formula is C17H14N2OS2. The van der Waals surface area contributed by atoms with Gasteiger partial charge in [-0.25, -0.2) is 9.98 Å². The molecule has 3 aromatic rings. The smallest absolute Gasteiger partial charge is 0.209 e. The number of nitrogens with zero attached hydrogens (tertiary/aromatic N) is 2. The second-order valence-corrected chi connectivity index (χ2v) is 7.11. The third-order valence-electron chi connectivity index (χ3n) is 3.72. The van der Waals surface area contributed by atoms with Crippen LogP contribution >= 0.6 is 22.7 Å². The van der Waals surface area contributed by atoms with Gasteiger partial charge in [0, 0.05) is 21.5 Å². The summed E-state index contributed by atoms with van der Waals surface area (Å²) in [4.78, 5) is 11.7. The van der Waals surface area contributed by atoms with E-state index in [1.54, 1.807) is 29.8 Å². The Morgan fingerprint density at radius 1 is 1.27 bits per heavy atom. The maximum absolute atomic E-state index is 5.31. The van der Waals surface area contributed by atoms with Gasteiger partial charge in [-0.1, -0.05) is 17.4 Å². The van der Waals surface area contributed by atoms with Gasteiger partial charge in [0.25, 0.3) is 0 Å². The van der Waals surface area contributed by atoms with Gasteiger partial charge < -0.3 is 4.74 Å². The number of aromatic nitrogens is 1. The lowest BCUT2D eigenvalue weighted by molar-refractivity contribution is 0.414. The Balaban J connectivity index is 1.69. The van der Waals surface area contributed by atoms with Crippen LogP contribution in [0.15, 0.2) is 40.7 Å². The maximum Gasteiger partial charge on any atom is 0.209 e. The zero-order valence-corrected chi connectivity index (χ0v) is 13.7. The molecular weight excluding hydrogens is 312 g/mol. The molecule has 1 aliphatic carbocycles. The number of rotatable bonds is 3. The second kappa shape index (κ2) is 5.66. The minimum absolute atomic E-state index is 0.835. The van der Waals surface area contributed by atoms with Gasteiger partial charge in [0.15, 0.2) is 0 Å². The van der Waals surface area contributed by atoms with Crippen LogP contribution < -0.4 is 4.74 Å². The van der Waals surface area contributed by atoms with Crippen molar-refractivity contribution in [2.75, 3.05) is 7.11 Å². The number of thiophene rings is 1. The molecule has 0 unspecified atom stereocenters. The Morgan fingerprint density at radius 2 is 2.23 bits per heavy atom. The molecule has 1 aromatic carbocycles. The van der Waals surface area contributed by atoms with E-state index in [4.69, 9.17) is 9.72 Å². The normalized spacial score (nSPS) is 13.1. The predicted octanol–water partition coefficient (Wildman–Crippen LogP) is 4.73. The van der Waals surface area contributed by atoms with Crippen LogP contribution in [0.25, 0.3) is 11.3 Å². The average molecular weight is 326 g/mol. The summed E-state index contributed by atoms with van der Waals surface area (Å²) in [6, 6.07) is 10.3. The first kappa shape index (κ1) is 13.7. The minimum atomic E-state index is 0.835. The van der Waals surface area contributed by atoms with Gasteiger partial charge in [0.2, 0.25) is 5.13 Å². The van der Waals surface area contributed by atoms with Crippen molar-refractivity contribution in [2.45, 2.75) is 12.8 Å². The first-order chi connectivity index (χ1) is 10.8. The molecule has 4 rings (SSSR count). The van der Waals surface area contributed by atoms with Crippen LogP contribution in [0.4, 0.5) is 5.13 Å². The van der Waals surface area contributed by atoms with Crippen molar-refractivity contribution < 1.29 is 4.74 Å². The molecule has 0 amide bonds. The van der Waals surface area contributed by atoms with Crippen LogP contribution in [0.2, 0.25) is 0 Å². The van der Waals surface area contributed by atoms with Gasteiger partial charge in [0.1, 0.15) is 5.75 Å². The van der Waals surface area contributed by atoms with E-state index in [0.29, 0.717) is 0 Å². The van der Waals surface area contributed by atoms with Crippen molar-refractivity contribution in [1.82, 2.24) is 4.98 Å². The van der Waals surface area contributed by atoms with Crippen LogP contribution in [0.5, 0.6) is 5.75 Å². The van der Waals surface area contributed by atoms with E-state index >= 15 is 0 Å². The molecule has 2 aromatic heterocycles. The Hall–Kier alpha value is -1.98. The highest BCUT2D eigenvalue weighted by molar-refractivity contribution is 7.16. The van der Waals surface area contributed by atoms with Crippen LogP contribution in [0.1, 0.15) is 15.3 Å². The molecule has 0 bridgehead atoms. The van der Waals surface area contributed by atoms with Crippen molar-refractivity contribution in [3.63, 3.8) is 0 Å². The van der Waals surface area contributed by atoms with Gasteiger partial charge in [-0.15, -0.1) is 11.3 Å². The van der Waals surface area contributed by atoms with Crippen molar-refractivity contribution in [3.8, 4) is 17.0 Å². The summed E-state index contributed by atoms with van der Waals surface area (Å²) in [7, 11) is 1.70. The number of aryl methyl sites for hydroxylation is 2. The van der Waals surface area contributed by atoms with Gasteiger partial charge in [0.05, 0.1) is 12.8 Å². The highest BCUT2D eigenvalue weighted by Gasteiger charge is 2.21. The van der Waals surface area contributed by atoms with Crippen LogP contribution in [0, 0.1) is 0 Å². The van der Waals surface area contributed by atoms with E-state index in [9.17, 15) is 0 Å². The topological polar surface area (TPSA) is 34.5 Å². The van der Waals surface area contributed by atoms with E-state index in [1.165, 1.54) is 16.0 Å². The summed E-state index contributed by atoms with van der Waals surface area (Å²) in [5, 5.41) is 2.89. The van der Waals surface area contributed by atoms with Crippen LogP contribution in [-0.2, 0) is 12.8 Å². The van der Waals surface area contributed by atoms with E-state index < -0.39 is 0 Å². The molecule has 0 saturated carbocycles. The summed E-state index contributed by atoms with van der Waals surface area (Å²) in [5.41, 5.74) is 3.62. The Morgan fingerprint density at radius 3 is 3.05 bits per heavy atom. The molecule has 0 spiro atoms. The Labute approximate surface area is 137 Å². The summed E-state index contributed by atoms with van der Waals surface area (Å²) >= 11 is 3.38. The van der Waals surface area contributed by atoms with E-state index in [0.717, 1.165) is 34.3 Å². The number of thiazole rings is 1. The van der Waals surface area contributed by atoms with Crippen molar-refractivity contribution in [3.05, 3.63) is 51.0 Å². The molecule has 2 heterocycles. The van der Waals surface area contributed by atoms with E-state index in [-0.39, 0.29) is 0 Å². The van der Waals surface area contributed by atoms with E-state index in [2.05, 4.69) is 28.6 Å². The number of fused-ring (bicyclic) bond motifs is 3. The molecule has 1 aliphatic rings. The number of hydrogen-bond acceptors (Lipinski definition) is 5. The zero-order chi connectivity index (χ0) is 14.9. The van der Waals surface area contributed by atoms with Crippen LogP contribution in [-0.4, -0.2) is 18.3 Å². The Bertz CT molecular complexity index is 834. The fourth-order valence-corrected chi connectivity index (χ4v) is 4.15. The molecule has 110 valence electrons. The van der Waals surface area contributed by atoms with Gasteiger partial charge in [-0.05, 0) is 48.1 Å². The lowest BCUT2D eigenvalue weighted by Crippen LogP contribution is -2.02. The lowest BCUT2D eigenvalue weighted by Gasteiger charge is -2.15. The molecule has 0 N–H and O–H groups in total. The third kappa shape index (κ3) is 2.46. The highest BCUT2D eigenvalue weighted by atomic mass is 32.1.